The number of allylic oxidation sites excluding steroid dienone is 5. The number of hydrogen-bond donors (Lipinski definition) is 0. The SMILES string of the molecule is C/C=C\C=C/C.C=Cc1c(/C=C\C)n(-c2cccc(-c3cncc(-n4c5ccccc5c5ccccc54)c3)c2)c2ccccc12. The molecule has 0 N–H and O–H groups in total. The van der Waals surface area contributed by atoms with Crippen LogP contribution in [0.5, 0.6) is 0 Å². The van der Waals surface area contributed by atoms with Gasteiger partial charge in [0.1, 0.15) is 0 Å². The zero-order valence-corrected chi connectivity index (χ0v) is 26.1. The van der Waals surface area contributed by atoms with Gasteiger partial charge in [0.05, 0.1) is 34.1 Å². The van der Waals surface area contributed by atoms with Crippen molar-refractivity contribution in [3.8, 4) is 22.5 Å². The molecule has 0 amide bonds. The van der Waals surface area contributed by atoms with Gasteiger partial charge < -0.3 is 9.13 Å². The molecule has 0 bridgehead atoms. The van der Waals surface area contributed by atoms with E-state index in [2.05, 4.69) is 138 Å². The molecular weight excluding hydrogens is 546 g/mol. The minimum atomic E-state index is 1.05. The largest absolute Gasteiger partial charge is 0.309 e. The summed E-state index contributed by atoms with van der Waals surface area (Å²) in [7, 11) is 0. The van der Waals surface area contributed by atoms with E-state index in [-0.39, 0.29) is 0 Å². The minimum Gasteiger partial charge on any atom is -0.309 e. The molecule has 0 saturated heterocycles. The quantitative estimate of drug-likeness (QED) is 0.179. The van der Waals surface area contributed by atoms with Crippen LogP contribution in [0.25, 0.3) is 67.4 Å². The number of hydrogen-bond acceptors (Lipinski definition) is 1. The lowest BCUT2D eigenvalue weighted by atomic mass is 10.1. The molecule has 0 radical (unpaired) electrons. The summed E-state index contributed by atoms with van der Waals surface area (Å²) in [6.45, 7) is 10.2. The van der Waals surface area contributed by atoms with Gasteiger partial charge in [0.2, 0.25) is 0 Å². The molecule has 0 unspecified atom stereocenters. The predicted molar refractivity (Wildman–Crippen MR) is 195 cm³/mol. The van der Waals surface area contributed by atoms with Crippen LogP contribution in [-0.2, 0) is 0 Å². The highest BCUT2D eigenvalue weighted by Crippen LogP contribution is 2.35. The normalized spacial score (nSPS) is 11.7. The molecule has 3 heteroatoms. The maximum absolute atomic E-state index is 4.70. The van der Waals surface area contributed by atoms with E-state index in [0.29, 0.717) is 0 Å². The molecule has 7 rings (SSSR count). The van der Waals surface area contributed by atoms with E-state index in [4.69, 9.17) is 4.98 Å². The van der Waals surface area contributed by atoms with E-state index < -0.39 is 0 Å². The van der Waals surface area contributed by atoms with E-state index in [0.717, 1.165) is 39.3 Å². The van der Waals surface area contributed by atoms with E-state index >= 15 is 0 Å². The molecule has 7 aromatic rings. The van der Waals surface area contributed by atoms with Gasteiger partial charge in [-0.1, -0.05) is 110 Å². The molecule has 0 aliphatic rings. The summed E-state index contributed by atoms with van der Waals surface area (Å²) in [4.78, 5) is 4.70. The van der Waals surface area contributed by atoms with Crippen LogP contribution >= 0.6 is 0 Å². The predicted octanol–water partition coefficient (Wildman–Crippen LogP) is 11.6. The fourth-order valence-corrected chi connectivity index (χ4v) is 6.05. The van der Waals surface area contributed by atoms with Gasteiger partial charge in [-0.25, -0.2) is 0 Å². The van der Waals surface area contributed by atoms with Crippen LogP contribution < -0.4 is 0 Å². The molecule has 0 aliphatic heterocycles. The molecule has 0 aliphatic carbocycles. The first-order valence-electron chi connectivity index (χ1n) is 15.4. The summed E-state index contributed by atoms with van der Waals surface area (Å²) in [5.41, 5.74) is 10.1. The van der Waals surface area contributed by atoms with Crippen molar-refractivity contribution in [1.82, 2.24) is 14.1 Å². The third-order valence-electron chi connectivity index (χ3n) is 7.98. The third-order valence-corrected chi connectivity index (χ3v) is 7.98. The van der Waals surface area contributed by atoms with Gasteiger partial charge in [0.15, 0.2) is 0 Å². The molecule has 0 atom stereocenters. The first-order valence-corrected chi connectivity index (χ1v) is 15.4. The number of pyridine rings is 1. The Kier molecular flexibility index (Phi) is 8.70. The lowest BCUT2D eigenvalue weighted by molar-refractivity contribution is 1.10. The van der Waals surface area contributed by atoms with Gasteiger partial charge in [0, 0.05) is 39.2 Å². The number of rotatable bonds is 6. The Balaban J connectivity index is 0.000000545. The zero-order valence-electron chi connectivity index (χ0n) is 26.1. The van der Waals surface area contributed by atoms with Gasteiger partial charge in [-0.2, -0.15) is 0 Å². The maximum atomic E-state index is 4.70. The highest BCUT2D eigenvalue weighted by atomic mass is 15.0. The summed E-state index contributed by atoms with van der Waals surface area (Å²) < 4.78 is 4.63. The molecule has 0 fully saturated rings. The molecular formula is C42H37N3. The molecule has 4 aromatic carbocycles. The second-order valence-corrected chi connectivity index (χ2v) is 10.8. The Hall–Kier alpha value is -5.67. The second kappa shape index (κ2) is 13.3. The van der Waals surface area contributed by atoms with Crippen LogP contribution in [0.2, 0.25) is 0 Å². The van der Waals surface area contributed by atoms with Crippen LogP contribution in [0.4, 0.5) is 0 Å². The van der Waals surface area contributed by atoms with Gasteiger partial charge in [0.25, 0.3) is 0 Å². The number of nitrogens with zero attached hydrogens (tertiary/aromatic N) is 3. The van der Waals surface area contributed by atoms with Crippen LogP contribution in [0.3, 0.4) is 0 Å². The molecule has 3 nitrogen and oxygen atoms in total. The number of benzene rings is 4. The average molecular weight is 584 g/mol. The van der Waals surface area contributed by atoms with Crippen LogP contribution in [0.1, 0.15) is 32.0 Å². The van der Waals surface area contributed by atoms with Gasteiger partial charge in [-0.3, -0.25) is 4.98 Å². The summed E-state index contributed by atoms with van der Waals surface area (Å²) in [5, 5.41) is 3.69. The number of fused-ring (bicyclic) bond motifs is 4. The Bertz CT molecular complexity index is 2160. The third kappa shape index (κ3) is 5.57. The summed E-state index contributed by atoms with van der Waals surface area (Å²) in [6, 6.07) is 36.6. The highest BCUT2D eigenvalue weighted by Gasteiger charge is 2.16. The van der Waals surface area contributed by atoms with Crippen molar-refractivity contribution < 1.29 is 0 Å². The first-order chi connectivity index (χ1) is 22.2. The monoisotopic (exact) mass is 583 g/mol. The van der Waals surface area contributed by atoms with Crippen molar-refractivity contribution in [2.45, 2.75) is 20.8 Å². The molecule has 0 saturated carbocycles. The van der Waals surface area contributed by atoms with Crippen molar-refractivity contribution >= 4 is 44.9 Å². The molecule has 45 heavy (non-hydrogen) atoms. The van der Waals surface area contributed by atoms with E-state index in [1.165, 1.54) is 27.2 Å². The highest BCUT2D eigenvalue weighted by molar-refractivity contribution is 6.09. The molecule has 220 valence electrons. The Labute approximate surface area is 265 Å². The maximum Gasteiger partial charge on any atom is 0.0651 e. The van der Waals surface area contributed by atoms with Crippen molar-refractivity contribution in [3.05, 3.63) is 164 Å². The topological polar surface area (TPSA) is 22.8 Å². The average Bonchev–Trinajstić information content (AvgIpc) is 3.60. The smallest absolute Gasteiger partial charge is 0.0651 e. The Morgan fingerprint density at radius 2 is 1.13 bits per heavy atom. The van der Waals surface area contributed by atoms with E-state index in [1.807, 2.05) is 56.6 Å². The summed E-state index contributed by atoms with van der Waals surface area (Å²) in [6.07, 6.45) is 18.1. The van der Waals surface area contributed by atoms with Gasteiger partial charge in [-0.15, -0.1) is 0 Å². The van der Waals surface area contributed by atoms with Crippen molar-refractivity contribution in [3.63, 3.8) is 0 Å². The number of aromatic nitrogens is 3. The lowest BCUT2D eigenvalue weighted by Gasteiger charge is -2.13. The summed E-state index contributed by atoms with van der Waals surface area (Å²) >= 11 is 0. The Morgan fingerprint density at radius 1 is 0.556 bits per heavy atom. The molecule has 3 aromatic heterocycles. The summed E-state index contributed by atoms with van der Waals surface area (Å²) in [5.74, 6) is 0. The lowest BCUT2D eigenvalue weighted by Crippen LogP contribution is -1.98. The second-order valence-electron chi connectivity index (χ2n) is 10.8. The van der Waals surface area contributed by atoms with Crippen LogP contribution in [0, 0.1) is 0 Å². The molecule has 3 heterocycles. The minimum absolute atomic E-state index is 1.05. The standard InChI is InChI=1S/C36H27N3.C6H10/c1-3-12-33-29(4-2)30-15-5-8-18-34(30)38(33)27-14-11-13-25(21-27)26-22-28(24-37-23-26)39-35-19-9-6-16-31(35)32-17-7-10-20-36(32)39;1-3-5-6-4-2/h3-24H,2H2,1H3;3-6H,1-2H3/b12-3-;5-3-,6-4-. The number of para-hydroxylation sites is 3. The van der Waals surface area contributed by atoms with Gasteiger partial charge in [-0.05, 0) is 68.8 Å². The van der Waals surface area contributed by atoms with E-state index in [9.17, 15) is 0 Å². The fraction of sp³-hybridized carbons (Fsp3) is 0.0714. The van der Waals surface area contributed by atoms with Crippen LogP contribution in [-0.4, -0.2) is 14.1 Å². The first kappa shape index (κ1) is 29.4. The van der Waals surface area contributed by atoms with Crippen molar-refractivity contribution in [2.24, 2.45) is 0 Å². The van der Waals surface area contributed by atoms with Crippen molar-refractivity contribution in [2.75, 3.05) is 0 Å². The van der Waals surface area contributed by atoms with Crippen LogP contribution in [0.15, 0.2) is 152 Å². The molecule has 0 spiro atoms. The zero-order chi connectivity index (χ0) is 31.2. The fourth-order valence-electron chi connectivity index (χ4n) is 6.05. The van der Waals surface area contributed by atoms with E-state index in [1.54, 1.807) is 0 Å². The van der Waals surface area contributed by atoms with Crippen molar-refractivity contribution in [1.29, 1.82) is 0 Å². The Morgan fingerprint density at radius 3 is 1.73 bits per heavy atom. The van der Waals surface area contributed by atoms with Gasteiger partial charge >= 0.3 is 0 Å².